The molecule has 212 valence electrons. The number of hydrogen-bond donors (Lipinski definition) is 3. The van der Waals surface area contributed by atoms with Crippen molar-refractivity contribution in [2.45, 2.75) is 39.2 Å². The van der Waals surface area contributed by atoms with Crippen LogP contribution >= 0.6 is 0 Å². The smallest absolute Gasteiger partial charge is 0.294 e. The summed E-state index contributed by atoms with van der Waals surface area (Å²) >= 11 is 0. The Morgan fingerprint density at radius 2 is 2.10 bits per heavy atom. The predicted octanol–water partition coefficient (Wildman–Crippen LogP) is 4.97. The molecule has 0 aliphatic carbocycles. The van der Waals surface area contributed by atoms with Gasteiger partial charge in [0.25, 0.3) is 5.69 Å². The van der Waals surface area contributed by atoms with E-state index in [4.69, 9.17) is 4.98 Å². The first-order valence-corrected chi connectivity index (χ1v) is 13.9. The average Bonchev–Trinajstić information content (AvgIpc) is 3.34. The molecule has 3 heterocycles. The molecule has 10 nitrogen and oxygen atoms in total. The number of aryl methyl sites for hydroxylation is 3. The van der Waals surface area contributed by atoms with Crippen LogP contribution in [0.4, 0.5) is 23.0 Å². The SMILES string of the molecule is CCc1cc(NCCN(C)C)c([N+](=O)[O-])cc1Nc1ncc(C#CCCO)c(-c2cn3c4c(cccc24)CCC3)n1. The number of aromatic nitrogens is 3. The molecule has 4 aromatic rings. The summed E-state index contributed by atoms with van der Waals surface area (Å²) in [6.07, 6.45) is 6.95. The van der Waals surface area contributed by atoms with Gasteiger partial charge in [-0.3, -0.25) is 10.1 Å². The molecule has 10 heteroatoms. The van der Waals surface area contributed by atoms with Gasteiger partial charge in [-0.05, 0) is 50.6 Å². The first-order chi connectivity index (χ1) is 19.9. The third-order valence-electron chi connectivity index (χ3n) is 7.25. The number of likely N-dealkylation sites (N-methyl/N-ethyl adjacent to an activating group) is 1. The molecule has 0 fully saturated rings. The van der Waals surface area contributed by atoms with Crippen LogP contribution in [0.5, 0.6) is 0 Å². The fourth-order valence-corrected chi connectivity index (χ4v) is 5.27. The number of rotatable bonds is 10. The Hall–Kier alpha value is -4.46. The molecule has 2 aromatic heterocycles. The topological polar surface area (TPSA) is 121 Å². The predicted molar refractivity (Wildman–Crippen MR) is 163 cm³/mol. The number of nitro groups is 1. The van der Waals surface area contributed by atoms with Gasteiger partial charge in [0.2, 0.25) is 5.95 Å². The van der Waals surface area contributed by atoms with E-state index in [9.17, 15) is 15.2 Å². The lowest BCUT2D eigenvalue weighted by Crippen LogP contribution is -2.21. The fraction of sp³-hybridized carbons (Fsp3) is 0.355. The molecule has 2 aromatic carbocycles. The van der Waals surface area contributed by atoms with Gasteiger partial charge >= 0.3 is 0 Å². The van der Waals surface area contributed by atoms with E-state index in [-0.39, 0.29) is 17.2 Å². The Kier molecular flexibility index (Phi) is 8.47. The van der Waals surface area contributed by atoms with Gasteiger partial charge in [0.05, 0.1) is 34.0 Å². The van der Waals surface area contributed by atoms with Crippen LogP contribution in [0.2, 0.25) is 0 Å². The molecule has 0 amide bonds. The van der Waals surface area contributed by atoms with Crippen molar-refractivity contribution in [3.8, 4) is 23.1 Å². The van der Waals surface area contributed by atoms with Gasteiger partial charge in [0, 0.05) is 55.5 Å². The summed E-state index contributed by atoms with van der Waals surface area (Å²) in [5, 5.41) is 28.8. The standard InChI is InChI=1S/C31H35N7O3/c1-4-21-17-27(32-13-15-36(2)3)28(38(40)41)18-26(21)34-31-33-19-23(9-5-6-16-39)29(35-31)25-20-37-14-8-11-22-10-7-12-24(25)30(22)37/h7,10,12,17-20,32,39H,4,6,8,11,13-16H2,1-3H3,(H,33,34,35). The second-order valence-electron chi connectivity index (χ2n) is 10.4. The Morgan fingerprint density at radius 3 is 2.85 bits per heavy atom. The third-order valence-corrected chi connectivity index (χ3v) is 7.25. The molecule has 0 atom stereocenters. The van der Waals surface area contributed by atoms with Gasteiger partial charge < -0.3 is 25.2 Å². The zero-order valence-electron chi connectivity index (χ0n) is 23.7. The van der Waals surface area contributed by atoms with E-state index >= 15 is 0 Å². The van der Waals surface area contributed by atoms with E-state index in [1.54, 1.807) is 12.3 Å². The van der Waals surface area contributed by atoms with Gasteiger partial charge in [-0.2, -0.15) is 0 Å². The molecule has 0 saturated carbocycles. The van der Waals surface area contributed by atoms with Crippen LogP contribution < -0.4 is 10.6 Å². The van der Waals surface area contributed by atoms with Crippen LogP contribution in [0.25, 0.3) is 22.2 Å². The maximum Gasteiger partial charge on any atom is 0.294 e. The zero-order chi connectivity index (χ0) is 28.9. The summed E-state index contributed by atoms with van der Waals surface area (Å²) in [4.78, 5) is 23.1. The number of nitrogens with zero attached hydrogens (tertiary/aromatic N) is 5. The van der Waals surface area contributed by atoms with Crippen molar-refractivity contribution in [2.75, 3.05) is 44.4 Å². The lowest BCUT2D eigenvalue weighted by Gasteiger charge is -2.15. The van der Waals surface area contributed by atoms with Crippen molar-refractivity contribution in [3.63, 3.8) is 0 Å². The molecule has 3 N–H and O–H groups in total. The first kappa shape index (κ1) is 28.1. The molecule has 0 saturated heterocycles. The van der Waals surface area contributed by atoms with E-state index in [0.29, 0.717) is 48.0 Å². The Bertz CT molecular complexity index is 1650. The van der Waals surface area contributed by atoms with E-state index in [1.807, 2.05) is 32.0 Å². The molecule has 0 spiro atoms. The molecule has 0 bridgehead atoms. The average molecular weight is 554 g/mol. The molecular weight excluding hydrogens is 518 g/mol. The third kappa shape index (κ3) is 6.01. The summed E-state index contributed by atoms with van der Waals surface area (Å²) in [5.74, 6) is 6.46. The summed E-state index contributed by atoms with van der Waals surface area (Å²) in [6.45, 7) is 4.26. The highest BCUT2D eigenvalue weighted by Crippen LogP contribution is 2.37. The highest BCUT2D eigenvalue weighted by Gasteiger charge is 2.21. The van der Waals surface area contributed by atoms with Gasteiger partial charge in [-0.15, -0.1) is 0 Å². The van der Waals surface area contributed by atoms with Crippen LogP contribution in [0, 0.1) is 22.0 Å². The second-order valence-corrected chi connectivity index (χ2v) is 10.4. The minimum Gasteiger partial charge on any atom is -0.395 e. The largest absolute Gasteiger partial charge is 0.395 e. The summed E-state index contributed by atoms with van der Waals surface area (Å²) in [5.41, 5.74) is 6.83. The van der Waals surface area contributed by atoms with Crippen LogP contribution in [-0.4, -0.2) is 63.3 Å². The number of hydrogen-bond acceptors (Lipinski definition) is 8. The van der Waals surface area contributed by atoms with Gasteiger partial charge in [-0.25, -0.2) is 9.97 Å². The summed E-state index contributed by atoms with van der Waals surface area (Å²) in [7, 11) is 3.92. The number of nitrogens with one attached hydrogen (secondary N) is 2. The van der Waals surface area contributed by atoms with Crippen molar-refractivity contribution in [3.05, 3.63) is 69.5 Å². The number of para-hydroxylation sites is 1. The van der Waals surface area contributed by atoms with E-state index < -0.39 is 0 Å². The molecular formula is C31H35N7O3. The van der Waals surface area contributed by atoms with Gasteiger partial charge in [0.1, 0.15) is 5.69 Å². The highest BCUT2D eigenvalue weighted by atomic mass is 16.6. The number of nitro benzene ring substituents is 1. The number of benzene rings is 2. The maximum absolute atomic E-state index is 12.0. The lowest BCUT2D eigenvalue weighted by atomic mass is 10.0. The minimum absolute atomic E-state index is 0.0100. The number of aliphatic hydroxyl groups is 1. The minimum atomic E-state index is -0.372. The monoisotopic (exact) mass is 553 g/mol. The normalized spacial score (nSPS) is 12.3. The first-order valence-electron chi connectivity index (χ1n) is 13.9. The van der Waals surface area contributed by atoms with E-state index in [2.05, 4.69) is 56.4 Å². The van der Waals surface area contributed by atoms with Crippen molar-refractivity contribution < 1.29 is 10.0 Å². The Balaban J connectivity index is 1.57. The molecule has 1 aliphatic heterocycles. The number of aliphatic hydroxyl groups excluding tert-OH is 1. The van der Waals surface area contributed by atoms with E-state index in [1.165, 1.54) is 11.1 Å². The maximum atomic E-state index is 12.0. The molecule has 0 radical (unpaired) electrons. The van der Waals surface area contributed by atoms with Gasteiger partial charge in [-0.1, -0.05) is 37.0 Å². The summed E-state index contributed by atoms with van der Waals surface area (Å²) < 4.78 is 2.28. The lowest BCUT2D eigenvalue weighted by molar-refractivity contribution is -0.383. The van der Waals surface area contributed by atoms with E-state index in [0.717, 1.165) is 42.4 Å². The van der Waals surface area contributed by atoms with Crippen LogP contribution in [0.1, 0.15) is 36.5 Å². The summed E-state index contributed by atoms with van der Waals surface area (Å²) in [6, 6.07) is 9.74. The van der Waals surface area contributed by atoms with Crippen LogP contribution in [0.3, 0.4) is 0 Å². The Labute approximate surface area is 239 Å². The highest BCUT2D eigenvalue weighted by molar-refractivity contribution is 5.98. The van der Waals surface area contributed by atoms with Crippen molar-refractivity contribution in [1.29, 1.82) is 0 Å². The zero-order valence-corrected chi connectivity index (χ0v) is 23.7. The van der Waals surface area contributed by atoms with Gasteiger partial charge in [0.15, 0.2) is 0 Å². The quantitative estimate of drug-likeness (QED) is 0.143. The van der Waals surface area contributed by atoms with Crippen molar-refractivity contribution >= 4 is 33.9 Å². The van der Waals surface area contributed by atoms with Crippen molar-refractivity contribution in [1.82, 2.24) is 19.4 Å². The molecule has 41 heavy (non-hydrogen) atoms. The fourth-order valence-electron chi connectivity index (χ4n) is 5.27. The number of anilines is 3. The molecule has 1 aliphatic rings. The van der Waals surface area contributed by atoms with Crippen LogP contribution in [0.15, 0.2) is 42.7 Å². The molecule has 5 rings (SSSR count). The molecule has 0 unspecified atom stereocenters. The Morgan fingerprint density at radius 1 is 1.24 bits per heavy atom. The second kappa shape index (κ2) is 12.4. The van der Waals surface area contributed by atoms with Crippen LogP contribution in [-0.2, 0) is 19.4 Å². The van der Waals surface area contributed by atoms with Crippen molar-refractivity contribution in [2.24, 2.45) is 0 Å².